The topological polar surface area (TPSA) is 143 Å². The molecule has 0 aromatic heterocycles. The Bertz CT molecular complexity index is 306. The predicted molar refractivity (Wildman–Crippen MR) is 40.2 cm³/mol. The van der Waals surface area contributed by atoms with Crippen LogP contribution in [0.5, 0.6) is 0 Å². The zero-order chi connectivity index (χ0) is 11.4. The third kappa shape index (κ3) is 11.2. The molecule has 0 N–H and O–H groups in total. The van der Waals surface area contributed by atoms with Gasteiger partial charge in [-0.2, -0.15) is 0 Å². The molecule has 0 unspecified atom stereocenters. The zero-order valence-corrected chi connectivity index (χ0v) is 7.93. The summed E-state index contributed by atoms with van der Waals surface area (Å²) in [5.74, 6) is -0.806. The molecule has 7 heteroatoms. The number of hydrogen-bond acceptors (Lipinski definition) is 6. The molecule has 0 rings (SSSR count). The van der Waals surface area contributed by atoms with Crippen molar-refractivity contribution >= 4 is 0 Å². The molecule has 0 fully saturated rings. The van der Waals surface area contributed by atoms with Gasteiger partial charge in [0, 0.05) is 0 Å². The van der Waals surface area contributed by atoms with Crippen LogP contribution in [0.15, 0.2) is 0 Å². The van der Waals surface area contributed by atoms with Crippen LogP contribution in [0, 0.1) is 79.8 Å². The Balaban J connectivity index is -0.000000180. The SMILES string of the molecule is N#C[C-](C#N)C#N.N#C[C-](C#N)C#N.[Cu+2]. The zero-order valence-electron chi connectivity index (χ0n) is 6.98. The van der Waals surface area contributed by atoms with Gasteiger partial charge in [-0.1, -0.05) is 48.3 Å². The minimum Gasteiger partial charge on any atom is -0.232 e. The number of nitrogens with zero attached hydrogens (tertiary/aromatic N) is 6. The van der Waals surface area contributed by atoms with E-state index in [4.69, 9.17) is 31.6 Å². The second-order valence-corrected chi connectivity index (χ2v) is 1.42. The van der Waals surface area contributed by atoms with E-state index in [1.165, 1.54) is 36.4 Å². The molecule has 73 valence electrons. The fraction of sp³-hybridized carbons (Fsp3) is 0. The maximum Gasteiger partial charge on any atom is 2.00 e. The Morgan fingerprint density at radius 1 is 0.467 bits per heavy atom. The summed E-state index contributed by atoms with van der Waals surface area (Å²) in [5, 5.41) is 46.8. The molecule has 0 aliphatic rings. The first-order valence-electron chi connectivity index (χ1n) is 2.84. The number of nitriles is 6. The van der Waals surface area contributed by atoms with Gasteiger partial charge < -0.3 is 0 Å². The summed E-state index contributed by atoms with van der Waals surface area (Å²) < 4.78 is 0. The Morgan fingerprint density at radius 3 is 0.600 bits per heavy atom. The van der Waals surface area contributed by atoms with Crippen LogP contribution in [0.2, 0.25) is 0 Å². The van der Waals surface area contributed by atoms with E-state index in [9.17, 15) is 0 Å². The van der Waals surface area contributed by atoms with E-state index < -0.39 is 11.8 Å². The first-order valence-corrected chi connectivity index (χ1v) is 2.84. The van der Waals surface area contributed by atoms with E-state index in [0.717, 1.165) is 0 Å². The molecular formula is C8CuN6. The summed E-state index contributed by atoms with van der Waals surface area (Å²) in [5.41, 5.74) is 0. The van der Waals surface area contributed by atoms with Gasteiger partial charge in [0.25, 0.3) is 0 Å². The van der Waals surface area contributed by atoms with Crippen molar-refractivity contribution in [1.82, 2.24) is 0 Å². The van der Waals surface area contributed by atoms with Gasteiger partial charge >= 0.3 is 17.1 Å². The standard InChI is InChI=1S/2C4N3.Cu/c2*5-1-4(2-6)3-7;/q2*-1;+2. The van der Waals surface area contributed by atoms with Crippen LogP contribution >= 0.6 is 0 Å². The van der Waals surface area contributed by atoms with Gasteiger partial charge in [-0.05, 0) is 0 Å². The quantitative estimate of drug-likeness (QED) is 0.441. The molecule has 1 radical (unpaired) electrons. The van der Waals surface area contributed by atoms with Gasteiger partial charge in [0.2, 0.25) is 0 Å². The molecular weight excluding hydrogens is 244 g/mol. The molecule has 0 aliphatic heterocycles. The fourth-order valence-corrected chi connectivity index (χ4v) is 0.150. The molecule has 0 amide bonds. The van der Waals surface area contributed by atoms with Gasteiger partial charge in [0.15, 0.2) is 0 Å². The first-order chi connectivity index (χ1) is 6.69. The summed E-state index contributed by atoms with van der Waals surface area (Å²) in [6.07, 6.45) is 0. The largest absolute Gasteiger partial charge is 2.00 e. The van der Waals surface area contributed by atoms with E-state index in [1.807, 2.05) is 0 Å². The minimum absolute atomic E-state index is 0. The van der Waals surface area contributed by atoms with Crippen molar-refractivity contribution in [3.8, 4) is 36.4 Å². The molecule has 0 saturated heterocycles. The van der Waals surface area contributed by atoms with Gasteiger partial charge in [-0.3, -0.25) is 0 Å². The van der Waals surface area contributed by atoms with Crippen molar-refractivity contribution in [1.29, 1.82) is 31.6 Å². The maximum atomic E-state index is 7.79. The van der Waals surface area contributed by atoms with Gasteiger partial charge in [-0.25, -0.2) is 31.6 Å². The number of hydrogen-bond donors (Lipinski definition) is 0. The van der Waals surface area contributed by atoms with E-state index in [1.54, 1.807) is 0 Å². The third-order valence-electron chi connectivity index (χ3n) is 0.671. The summed E-state index contributed by atoms with van der Waals surface area (Å²) in [6.45, 7) is 0. The second kappa shape index (κ2) is 13.8. The Labute approximate surface area is 97.3 Å². The Morgan fingerprint density at radius 2 is 0.600 bits per heavy atom. The maximum absolute atomic E-state index is 7.79. The van der Waals surface area contributed by atoms with Crippen LogP contribution in [0.3, 0.4) is 0 Å². The van der Waals surface area contributed by atoms with Crippen molar-refractivity contribution < 1.29 is 17.1 Å². The second-order valence-electron chi connectivity index (χ2n) is 1.42. The summed E-state index contributed by atoms with van der Waals surface area (Å²) in [4.78, 5) is 0. The summed E-state index contributed by atoms with van der Waals surface area (Å²) in [7, 11) is 0. The van der Waals surface area contributed by atoms with Crippen LogP contribution in [-0.4, -0.2) is 0 Å². The average molecular weight is 244 g/mol. The van der Waals surface area contributed by atoms with Crippen molar-refractivity contribution in [2.75, 3.05) is 0 Å². The molecule has 0 heterocycles. The van der Waals surface area contributed by atoms with Crippen LogP contribution < -0.4 is 0 Å². The predicted octanol–water partition coefficient (Wildman–Crippen LogP) is 0.261. The molecule has 0 aliphatic carbocycles. The van der Waals surface area contributed by atoms with Gasteiger partial charge in [0.05, 0.1) is 0 Å². The minimum atomic E-state index is -0.403. The molecule has 6 nitrogen and oxygen atoms in total. The average Bonchev–Trinajstić information content (AvgIpc) is 2.24. The summed E-state index contributed by atoms with van der Waals surface area (Å²) in [6, 6.07) is 8.38. The molecule has 0 atom stereocenters. The monoisotopic (exact) mass is 243 g/mol. The normalized spacial score (nSPS) is 4.40. The number of rotatable bonds is 0. The molecule has 0 spiro atoms. The van der Waals surface area contributed by atoms with Crippen LogP contribution in [0.4, 0.5) is 0 Å². The van der Waals surface area contributed by atoms with Crippen LogP contribution in [0.25, 0.3) is 0 Å². The van der Waals surface area contributed by atoms with Crippen molar-refractivity contribution in [2.24, 2.45) is 0 Å². The van der Waals surface area contributed by atoms with Crippen molar-refractivity contribution in [3.05, 3.63) is 11.8 Å². The van der Waals surface area contributed by atoms with Gasteiger partial charge in [-0.15, -0.1) is 0 Å². The Kier molecular flexibility index (Phi) is 16.6. The molecule has 0 saturated carbocycles. The van der Waals surface area contributed by atoms with E-state index >= 15 is 0 Å². The van der Waals surface area contributed by atoms with E-state index in [2.05, 4.69) is 0 Å². The molecule has 15 heavy (non-hydrogen) atoms. The molecule has 0 aromatic carbocycles. The van der Waals surface area contributed by atoms with Crippen molar-refractivity contribution in [2.45, 2.75) is 0 Å². The molecule has 0 aromatic rings. The van der Waals surface area contributed by atoms with E-state index in [0.29, 0.717) is 0 Å². The Hall–Kier alpha value is -2.80. The fourth-order valence-electron chi connectivity index (χ4n) is 0.150. The van der Waals surface area contributed by atoms with E-state index in [-0.39, 0.29) is 17.1 Å². The third-order valence-corrected chi connectivity index (χ3v) is 0.671. The molecule has 0 bridgehead atoms. The van der Waals surface area contributed by atoms with Gasteiger partial charge in [0.1, 0.15) is 0 Å². The summed E-state index contributed by atoms with van der Waals surface area (Å²) >= 11 is 0. The van der Waals surface area contributed by atoms with Crippen LogP contribution in [-0.2, 0) is 17.1 Å². The first kappa shape index (κ1) is 18.1. The van der Waals surface area contributed by atoms with Crippen molar-refractivity contribution in [3.63, 3.8) is 0 Å². The van der Waals surface area contributed by atoms with Crippen LogP contribution in [0.1, 0.15) is 0 Å². The smallest absolute Gasteiger partial charge is 0.232 e.